The van der Waals surface area contributed by atoms with Crippen molar-refractivity contribution in [2.75, 3.05) is 46.2 Å². The summed E-state index contributed by atoms with van der Waals surface area (Å²) in [6.45, 7) is 5.78. The standard InChI is InChI=1S/C15H15F3N4O3.C12H19N2/c1-8-11(12(23)25-2)7-21(14(20)24)13(19)22(8)10-5-3-4-9(6-10)15(16,17)18;1-5-12(11-13)9-7-6-8-10-14(2,3)4/h3-6,19H,7H2,1-2H3,(H2,20,24);5-7,9H,1,8,10H2,2-4H3/q;+1/b;7-6-,12-9+. The molecule has 39 heavy (non-hydrogen) atoms. The van der Waals surface area contributed by atoms with Crippen molar-refractivity contribution in [3.8, 4) is 6.07 Å². The minimum atomic E-state index is -4.58. The van der Waals surface area contributed by atoms with Crippen LogP contribution in [-0.2, 0) is 15.7 Å². The van der Waals surface area contributed by atoms with E-state index < -0.39 is 29.7 Å². The summed E-state index contributed by atoms with van der Waals surface area (Å²) in [5.41, 5.74) is 5.03. The van der Waals surface area contributed by atoms with Gasteiger partial charge in [0.05, 0.1) is 64.1 Å². The van der Waals surface area contributed by atoms with E-state index in [1.807, 2.05) is 12.1 Å². The fourth-order valence-electron chi connectivity index (χ4n) is 3.30. The molecule has 1 heterocycles. The number of nitrogens with zero attached hydrogens (tertiary/aromatic N) is 4. The Bertz CT molecular complexity index is 1220. The maximum absolute atomic E-state index is 13.0. The number of nitriles is 1. The molecule has 0 saturated carbocycles. The largest absolute Gasteiger partial charge is 0.466 e. The third kappa shape index (κ3) is 9.79. The van der Waals surface area contributed by atoms with Crippen LogP contribution in [0.25, 0.3) is 0 Å². The number of carbonyl (C=O) groups excluding carboxylic acids is 2. The van der Waals surface area contributed by atoms with Gasteiger partial charge in [0, 0.05) is 17.8 Å². The van der Waals surface area contributed by atoms with Crippen molar-refractivity contribution in [2.24, 2.45) is 5.73 Å². The third-order valence-corrected chi connectivity index (χ3v) is 5.41. The number of anilines is 1. The zero-order valence-corrected chi connectivity index (χ0v) is 22.7. The van der Waals surface area contributed by atoms with Crippen LogP contribution >= 0.6 is 0 Å². The van der Waals surface area contributed by atoms with Crippen LogP contribution < -0.4 is 10.6 Å². The zero-order chi connectivity index (χ0) is 30.0. The van der Waals surface area contributed by atoms with E-state index in [1.165, 1.54) is 19.1 Å². The zero-order valence-electron chi connectivity index (χ0n) is 22.7. The van der Waals surface area contributed by atoms with E-state index in [1.54, 1.807) is 12.2 Å². The Kier molecular flexibility index (Phi) is 11.7. The lowest BCUT2D eigenvalue weighted by molar-refractivity contribution is -0.869. The lowest BCUT2D eigenvalue weighted by Crippen LogP contribution is -2.54. The molecule has 0 aromatic heterocycles. The number of urea groups is 1. The summed E-state index contributed by atoms with van der Waals surface area (Å²) < 4.78 is 44.4. The number of hydrogen-bond donors (Lipinski definition) is 2. The fourth-order valence-corrected chi connectivity index (χ4v) is 3.30. The van der Waals surface area contributed by atoms with Gasteiger partial charge in [-0.05, 0) is 31.2 Å². The third-order valence-electron chi connectivity index (χ3n) is 5.41. The van der Waals surface area contributed by atoms with Gasteiger partial charge in [-0.1, -0.05) is 30.9 Å². The van der Waals surface area contributed by atoms with Gasteiger partial charge < -0.3 is 15.0 Å². The molecular weight excluding hydrogens is 513 g/mol. The monoisotopic (exact) mass is 547 g/mol. The molecule has 0 bridgehead atoms. The molecule has 0 unspecified atom stereocenters. The minimum Gasteiger partial charge on any atom is -0.466 e. The van der Waals surface area contributed by atoms with Crippen molar-refractivity contribution < 1.29 is 32.0 Å². The average molecular weight is 548 g/mol. The van der Waals surface area contributed by atoms with Crippen molar-refractivity contribution in [3.63, 3.8) is 0 Å². The molecule has 1 aromatic rings. The van der Waals surface area contributed by atoms with Gasteiger partial charge in [-0.15, -0.1) is 0 Å². The number of carbonyl (C=O) groups is 2. The lowest BCUT2D eigenvalue weighted by Gasteiger charge is -2.37. The van der Waals surface area contributed by atoms with E-state index in [4.69, 9.17) is 16.4 Å². The highest BCUT2D eigenvalue weighted by molar-refractivity contribution is 6.09. The SMILES string of the molecule is C=C/C(C#N)=C\C=C/CC[N+](C)(C)C.COC(=O)C1=C(C)N(c2cccc(C(F)(F)F)c2)C(=N)N(C(N)=O)C1. The molecule has 0 saturated heterocycles. The van der Waals surface area contributed by atoms with E-state index in [2.05, 4.69) is 38.5 Å². The summed E-state index contributed by atoms with van der Waals surface area (Å²) in [6.07, 6.45) is 3.77. The van der Waals surface area contributed by atoms with E-state index in [0.717, 1.165) is 46.5 Å². The molecule has 1 aliphatic rings. The number of guanidine groups is 1. The van der Waals surface area contributed by atoms with Crippen LogP contribution in [0.5, 0.6) is 0 Å². The number of halogens is 3. The Morgan fingerprint density at radius 1 is 1.31 bits per heavy atom. The number of nitrogens with one attached hydrogen (secondary N) is 1. The maximum atomic E-state index is 13.0. The van der Waals surface area contributed by atoms with Crippen LogP contribution in [0.2, 0.25) is 0 Å². The van der Waals surface area contributed by atoms with Gasteiger partial charge in [-0.2, -0.15) is 18.4 Å². The quantitative estimate of drug-likeness (QED) is 0.224. The number of hydrogen-bond acceptors (Lipinski definition) is 5. The number of rotatable bonds is 7. The first kappa shape index (κ1) is 32.7. The molecule has 0 atom stereocenters. The molecule has 210 valence electrons. The molecule has 1 aromatic carbocycles. The Morgan fingerprint density at radius 3 is 2.44 bits per heavy atom. The normalized spacial score (nSPS) is 14.5. The van der Waals surface area contributed by atoms with E-state index in [-0.39, 0.29) is 23.5 Å². The predicted molar refractivity (Wildman–Crippen MR) is 143 cm³/mol. The van der Waals surface area contributed by atoms with E-state index >= 15 is 0 Å². The summed E-state index contributed by atoms with van der Waals surface area (Å²) in [7, 11) is 7.61. The molecule has 0 radical (unpaired) electrons. The van der Waals surface area contributed by atoms with Crippen molar-refractivity contribution >= 4 is 23.6 Å². The number of allylic oxidation sites excluding steroid dienone is 5. The summed E-state index contributed by atoms with van der Waals surface area (Å²) in [6, 6.07) is 5.22. The smallest absolute Gasteiger partial charge is 0.416 e. The van der Waals surface area contributed by atoms with E-state index in [0.29, 0.717) is 5.57 Å². The van der Waals surface area contributed by atoms with Crippen LogP contribution in [0.15, 0.2) is 72.0 Å². The molecule has 0 aliphatic carbocycles. The number of benzene rings is 1. The van der Waals surface area contributed by atoms with Gasteiger partial charge in [-0.3, -0.25) is 15.2 Å². The Morgan fingerprint density at radius 2 is 1.95 bits per heavy atom. The van der Waals surface area contributed by atoms with Crippen molar-refractivity contribution in [2.45, 2.75) is 19.5 Å². The summed E-state index contributed by atoms with van der Waals surface area (Å²) in [5.74, 6) is -1.23. The highest BCUT2D eigenvalue weighted by atomic mass is 19.4. The number of quaternary nitrogens is 1. The molecule has 0 spiro atoms. The van der Waals surface area contributed by atoms with Gasteiger partial charge >= 0.3 is 18.2 Å². The molecule has 2 amide bonds. The van der Waals surface area contributed by atoms with Crippen molar-refractivity contribution in [1.29, 1.82) is 10.7 Å². The van der Waals surface area contributed by atoms with Crippen LogP contribution in [0.3, 0.4) is 0 Å². The van der Waals surface area contributed by atoms with E-state index in [9.17, 15) is 22.8 Å². The first-order chi connectivity index (χ1) is 18.1. The summed E-state index contributed by atoms with van der Waals surface area (Å²) >= 11 is 0. The number of nitrogens with two attached hydrogens (primary N) is 1. The molecule has 2 rings (SSSR count). The average Bonchev–Trinajstić information content (AvgIpc) is 2.85. The molecule has 0 fully saturated rings. The second-order valence-electron chi connectivity index (χ2n) is 9.36. The number of alkyl halides is 3. The molecular formula is C27H34F3N6O3+. The number of primary amides is 1. The van der Waals surface area contributed by atoms with Gasteiger partial charge in [0.1, 0.15) is 0 Å². The number of ether oxygens (including phenoxy) is 1. The fraction of sp³-hybridized carbons (Fsp3) is 0.333. The predicted octanol–water partition coefficient (Wildman–Crippen LogP) is 4.56. The summed E-state index contributed by atoms with van der Waals surface area (Å²) in [5, 5.41) is 16.7. The second kappa shape index (κ2) is 14.0. The lowest BCUT2D eigenvalue weighted by atomic mass is 10.1. The highest BCUT2D eigenvalue weighted by Crippen LogP contribution is 2.34. The van der Waals surface area contributed by atoms with Gasteiger partial charge in [0.25, 0.3) is 0 Å². The Hall–Kier alpha value is -4.37. The van der Waals surface area contributed by atoms with Gasteiger partial charge in [-0.25, -0.2) is 9.59 Å². The van der Waals surface area contributed by atoms with Crippen molar-refractivity contribution in [3.05, 3.63) is 77.6 Å². The maximum Gasteiger partial charge on any atom is 0.416 e. The molecule has 9 nitrogen and oxygen atoms in total. The van der Waals surface area contributed by atoms with Crippen LogP contribution in [-0.4, -0.2) is 68.7 Å². The minimum absolute atomic E-state index is 0.00899. The van der Waals surface area contributed by atoms with Gasteiger partial charge in [0.15, 0.2) is 0 Å². The van der Waals surface area contributed by atoms with Crippen LogP contribution in [0, 0.1) is 16.7 Å². The first-order valence-corrected chi connectivity index (χ1v) is 11.7. The van der Waals surface area contributed by atoms with Gasteiger partial charge in [0.2, 0.25) is 5.96 Å². The topological polar surface area (TPSA) is 124 Å². The van der Waals surface area contributed by atoms with Crippen LogP contribution in [0.1, 0.15) is 18.9 Å². The first-order valence-electron chi connectivity index (χ1n) is 11.7. The van der Waals surface area contributed by atoms with Crippen molar-refractivity contribution in [1.82, 2.24) is 4.90 Å². The van der Waals surface area contributed by atoms with Crippen LogP contribution in [0.4, 0.5) is 23.7 Å². The molecule has 12 heteroatoms. The number of amides is 2. The Labute approximate surface area is 226 Å². The number of methoxy groups -OCH3 is 1. The molecule has 1 aliphatic heterocycles. The molecule has 3 N–H and O–H groups in total. The number of esters is 1. The highest BCUT2D eigenvalue weighted by Gasteiger charge is 2.36. The summed E-state index contributed by atoms with van der Waals surface area (Å²) in [4.78, 5) is 25.3. The Balaban J connectivity index is 0.000000464. The second-order valence-corrected chi connectivity index (χ2v) is 9.36.